The Bertz CT molecular complexity index is 1270. The van der Waals surface area contributed by atoms with Gasteiger partial charge in [-0.25, -0.2) is 0 Å². The molecule has 2 N–H and O–H groups in total. The molecule has 32 heavy (non-hydrogen) atoms. The summed E-state index contributed by atoms with van der Waals surface area (Å²) in [7, 11) is 0. The summed E-state index contributed by atoms with van der Waals surface area (Å²) in [4.78, 5) is 36.3. The second-order valence-electron chi connectivity index (χ2n) is 7.41. The van der Waals surface area contributed by atoms with Gasteiger partial charge in [0.2, 0.25) is 0 Å². The molecule has 0 bridgehead atoms. The number of benzene rings is 2. The molecule has 2 aromatic carbocycles. The predicted octanol–water partition coefficient (Wildman–Crippen LogP) is 3.81. The number of anilines is 1. The molecule has 2 aliphatic rings. The molecule has 0 saturated carbocycles. The fraction of sp³-hybridized carbons (Fsp3) is 0.182. The van der Waals surface area contributed by atoms with E-state index in [9.17, 15) is 30.3 Å². The van der Waals surface area contributed by atoms with Crippen LogP contribution >= 0.6 is 0 Å². The number of carbonyl (C=O) groups is 1. The third-order valence-corrected chi connectivity index (χ3v) is 5.65. The van der Waals surface area contributed by atoms with Crippen LogP contribution in [-0.4, -0.2) is 15.6 Å². The first kappa shape index (κ1) is 20.7. The van der Waals surface area contributed by atoms with E-state index >= 15 is 0 Å². The van der Waals surface area contributed by atoms with E-state index in [1.54, 1.807) is 12.1 Å². The minimum absolute atomic E-state index is 0.0117. The molecule has 0 fully saturated rings. The second-order valence-corrected chi connectivity index (χ2v) is 7.41. The summed E-state index contributed by atoms with van der Waals surface area (Å²) in [5.41, 5.74) is 7.33. The van der Waals surface area contributed by atoms with Gasteiger partial charge in [0.05, 0.1) is 27.4 Å². The highest BCUT2D eigenvalue weighted by Crippen LogP contribution is 2.48. The van der Waals surface area contributed by atoms with Gasteiger partial charge in [0.25, 0.3) is 11.4 Å². The van der Waals surface area contributed by atoms with E-state index in [1.165, 1.54) is 41.3 Å². The number of hydrogen-bond acceptors (Lipinski definition) is 8. The number of non-ortho nitro benzene ring substituents is 1. The molecule has 0 radical (unpaired) electrons. The number of hydrogen-bond donors (Lipinski definition) is 1. The average molecular weight is 431 g/mol. The number of nitro benzene ring substituents is 2. The lowest BCUT2D eigenvalue weighted by Crippen LogP contribution is -2.39. The predicted molar refractivity (Wildman–Crippen MR) is 114 cm³/mol. The highest BCUT2D eigenvalue weighted by atomic mass is 16.6. The van der Waals surface area contributed by atoms with E-state index in [0.29, 0.717) is 29.7 Å². The van der Waals surface area contributed by atoms with Crippen LogP contribution in [0.25, 0.3) is 0 Å². The number of nitrogens with zero attached hydrogens (tertiary/aromatic N) is 4. The Morgan fingerprint density at radius 2 is 1.81 bits per heavy atom. The van der Waals surface area contributed by atoms with Crippen LogP contribution in [0.15, 0.2) is 71.2 Å². The third-order valence-electron chi connectivity index (χ3n) is 5.65. The molecule has 0 saturated heterocycles. The zero-order valence-electron chi connectivity index (χ0n) is 16.7. The minimum atomic E-state index is -0.887. The van der Waals surface area contributed by atoms with Crippen LogP contribution in [0.2, 0.25) is 0 Å². The molecule has 0 aromatic heterocycles. The van der Waals surface area contributed by atoms with Crippen LogP contribution in [0.5, 0.6) is 0 Å². The first-order chi connectivity index (χ1) is 15.3. The van der Waals surface area contributed by atoms with E-state index in [4.69, 9.17) is 5.73 Å². The largest absolute Gasteiger partial charge is 0.384 e. The first-order valence-electron chi connectivity index (χ1n) is 9.79. The number of Topliss-reactive ketones (excluding diaryl/α,β-unsaturated/α-hetero) is 1. The Balaban J connectivity index is 2.00. The molecular formula is C22H17N5O5. The minimum Gasteiger partial charge on any atom is -0.384 e. The van der Waals surface area contributed by atoms with E-state index in [1.807, 2.05) is 6.07 Å². The van der Waals surface area contributed by atoms with E-state index in [0.717, 1.165) is 0 Å². The summed E-state index contributed by atoms with van der Waals surface area (Å²) >= 11 is 0. The molecule has 4 rings (SSSR count). The fourth-order valence-corrected chi connectivity index (χ4v) is 4.32. The third kappa shape index (κ3) is 3.26. The monoisotopic (exact) mass is 431 g/mol. The number of allylic oxidation sites excluding steroid dienone is 3. The van der Waals surface area contributed by atoms with Crippen LogP contribution in [0, 0.1) is 31.6 Å². The molecule has 1 atom stereocenters. The van der Waals surface area contributed by atoms with Gasteiger partial charge in [-0.2, -0.15) is 5.26 Å². The second kappa shape index (κ2) is 7.96. The highest BCUT2D eigenvalue weighted by molar-refractivity contribution is 6.01. The molecule has 2 aromatic rings. The smallest absolute Gasteiger partial charge is 0.293 e. The Labute approximate surface area is 182 Å². The maximum Gasteiger partial charge on any atom is 0.293 e. The van der Waals surface area contributed by atoms with Crippen molar-refractivity contribution in [2.24, 2.45) is 5.73 Å². The van der Waals surface area contributed by atoms with Gasteiger partial charge in [-0.3, -0.25) is 29.9 Å². The lowest BCUT2D eigenvalue weighted by Gasteiger charge is -2.39. The van der Waals surface area contributed by atoms with Gasteiger partial charge in [-0.15, -0.1) is 0 Å². The van der Waals surface area contributed by atoms with Crippen molar-refractivity contribution in [1.82, 2.24) is 0 Å². The van der Waals surface area contributed by atoms with Crippen molar-refractivity contribution < 1.29 is 14.6 Å². The SMILES string of the molecule is N#CC1=C(N)N(c2ccccc2[N+](=O)[O-])C2=C(C(=O)CCC2)C1c1cccc([N+](=O)[O-])c1. The van der Waals surface area contributed by atoms with Gasteiger partial charge < -0.3 is 5.73 Å². The van der Waals surface area contributed by atoms with Gasteiger partial charge in [-0.05, 0) is 24.5 Å². The lowest BCUT2D eigenvalue weighted by atomic mass is 9.75. The zero-order valence-corrected chi connectivity index (χ0v) is 16.7. The summed E-state index contributed by atoms with van der Waals surface area (Å²) < 4.78 is 0. The van der Waals surface area contributed by atoms with Crippen LogP contribution < -0.4 is 10.6 Å². The average Bonchev–Trinajstić information content (AvgIpc) is 2.78. The number of carbonyl (C=O) groups excluding carboxylic acids is 1. The fourth-order valence-electron chi connectivity index (χ4n) is 4.32. The number of para-hydroxylation sites is 2. The van der Waals surface area contributed by atoms with Gasteiger partial charge in [0.1, 0.15) is 11.5 Å². The van der Waals surface area contributed by atoms with Crippen molar-refractivity contribution in [2.45, 2.75) is 25.2 Å². The Morgan fingerprint density at radius 3 is 2.50 bits per heavy atom. The maximum absolute atomic E-state index is 13.1. The normalized spacial score (nSPS) is 18.3. The van der Waals surface area contributed by atoms with Crippen LogP contribution in [-0.2, 0) is 4.79 Å². The van der Waals surface area contributed by atoms with Crippen molar-refractivity contribution in [3.8, 4) is 6.07 Å². The molecule has 1 heterocycles. The summed E-state index contributed by atoms with van der Waals surface area (Å²) in [6.07, 6.45) is 1.18. The number of rotatable bonds is 4. The van der Waals surface area contributed by atoms with Crippen LogP contribution in [0.3, 0.4) is 0 Å². The van der Waals surface area contributed by atoms with Gasteiger partial charge in [-0.1, -0.05) is 24.3 Å². The Hall–Kier alpha value is -4.52. The molecule has 10 nitrogen and oxygen atoms in total. The molecular weight excluding hydrogens is 414 g/mol. The van der Waals surface area contributed by atoms with Crippen molar-refractivity contribution in [3.05, 3.63) is 97.0 Å². The Kier molecular flexibility index (Phi) is 5.16. The highest BCUT2D eigenvalue weighted by Gasteiger charge is 2.41. The Morgan fingerprint density at radius 1 is 1.06 bits per heavy atom. The summed E-state index contributed by atoms with van der Waals surface area (Å²) in [6.45, 7) is 0. The molecule has 10 heteroatoms. The van der Waals surface area contributed by atoms with Crippen molar-refractivity contribution in [1.29, 1.82) is 5.26 Å². The van der Waals surface area contributed by atoms with Crippen LogP contribution in [0.4, 0.5) is 17.1 Å². The topological polar surface area (TPSA) is 156 Å². The molecule has 0 amide bonds. The van der Waals surface area contributed by atoms with E-state index < -0.39 is 15.8 Å². The zero-order chi connectivity index (χ0) is 23.0. The summed E-state index contributed by atoms with van der Waals surface area (Å²) in [6, 6.07) is 13.7. The number of nitrogens with two attached hydrogens (primary N) is 1. The van der Waals surface area contributed by atoms with Crippen molar-refractivity contribution >= 4 is 22.8 Å². The number of ketones is 1. The first-order valence-corrected chi connectivity index (χ1v) is 9.79. The van der Waals surface area contributed by atoms with Gasteiger partial charge >= 0.3 is 0 Å². The molecule has 160 valence electrons. The quantitative estimate of drug-likeness (QED) is 0.565. The van der Waals surface area contributed by atoms with E-state index in [-0.39, 0.29) is 40.7 Å². The molecule has 1 unspecified atom stereocenters. The molecule has 1 aliphatic heterocycles. The van der Waals surface area contributed by atoms with Gasteiger partial charge in [0, 0.05) is 35.9 Å². The molecule has 1 aliphatic carbocycles. The summed E-state index contributed by atoms with van der Waals surface area (Å²) in [5, 5.41) is 32.9. The standard InChI is InChI=1S/C22H17N5O5/c23-12-15-20(13-5-3-6-14(11-13)26(29)30)21-18(9-4-10-19(21)28)25(22(15)24)16-7-1-2-8-17(16)27(31)32/h1-3,5-8,11,20H,4,9-10,24H2. The summed E-state index contributed by atoms with van der Waals surface area (Å²) in [5.74, 6) is -1.14. The maximum atomic E-state index is 13.1. The van der Waals surface area contributed by atoms with Crippen molar-refractivity contribution in [2.75, 3.05) is 4.90 Å². The van der Waals surface area contributed by atoms with E-state index in [2.05, 4.69) is 0 Å². The number of nitriles is 1. The van der Waals surface area contributed by atoms with Crippen LogP contribution in [0.1, 0.15) is 30.7 Å². The number of nitro groups is 2. The lowest BCUT2D eigenvalue weighted by molar-refractivity contribution is -0.384. The van der Waals surface area contributed by atoms with Gasteiger partial charge in [0.15, 0.2) is 5.78 Å². The molecule has 0 spiro atoms. The van der Waals surface area contributed by atoms with Crippen molar-refractivity contribution in [3.63, 3.8) is 0 Å².